The number of rotatable bonds is 5. The maximum absolute atomic E-state index is 14.1. The van der Waals surface area contributed by atoms with Gasteiger partial charge in [-0.3, -0.25) is 9.48 Å². The van der Waals surface area contributed by atoms with E-state index in [2.05, 4.69) is 18.9 Å². The molecule has 0 bridgehead atoms. The van der Waals surface area contributed by atoms with Crippen LogP contribution in [0.15, 0.2) is 0 Å². The minimum atomic E-state index is -2.32. The summed E-state index contributed by atoms with van der Waals surface area (Å²) in [5, 5.41) is 13.4. The Bertz CT molecular complexity index is 626. The minimum Gasteiger partial charge on any atom is -0.479 e. The first kappa shape index (κ1) is 17.4. The molecule has 0 radical (unpaired) electrons. The van der Waals surface area contributed by atoms with Gasteiger partial charge in [0.2, 0.25) is 11.6 Å². The number of aryl methyl sites for hydroxylation is 1. The highest BCUT2D eigenvalue weighted by Gasteiger charge is 2.46. The van der Waals surface area contributed by atoms with Crippen LogP contribution in [-0.2, 0) is 22.6 Å². The first-order chi connectivity index (χ1) is 10.6. The van der Waals surface area contributed by atoms with E-state index in [9.17, 15) is 14.0 Å². The number of carbonyl (C=O) groups excluding carboxylic acids is 1. The molecule has 23 heavy (non-hydrogen) atoms. The lowest BCUT2D eigenvalue weighted by molar-refractivity contribution is -0.150. The van der Waals surface area contributed by atoms with Gasteiger partial charge < -0.3 is 10.0 Å². The molecule has 2 rings (SSSR count). The number of likely N-dealkylation sites (tertiary alicyclic amines) is 1. The predicted octanol–water partition coefficient (Wildman–Crippen LogP) is 1.72. The first-order valence-electron chi connectivity index (χ1n) is 7.87. The van der Waals surface area contributed by atoms with Gasteiger partial charge in [0.05, 0.1) is 18.7 Å². The van der Waals surface area contributed by atoms with E-state index in [-0.39, 0.29) is 31.8 Å². The summed E-state index contributed by atoms with van der Waals surface area (Å²) in [5.41, 5.74) is 0.262. The highest BCUT2D eigenvalue weighted by molar-refractivity contribution is 5.83. The van der Waals surface area contributed by atoms with Gasteiger partial charge in [0.15, 0.2) is 0 Å². The molecule has 128 valence electrons. The molecular weight excluding hydrogens is 301 g/mol. The van der Waals surface area contributed by atoms with Crippen LogP contribution in [0.3, 0.4) is 0 Å². The van der Waals surface area contributed by atoms with Gasteiger partial charge in [0.25, 0.3) is 0 Å². The van der Waals surface area contributed by atoms with Crippen molar-refractivity contribution in [2.75, 3.05) is 13.1 Å². The Labute approximate surface area is 135 Å². The number of alkyl halides is 1. The van der Waals surface area contributed by atoms with E-state index in [4.69, 9.17) is 5.11 Å². The summed E-state index contributed by atoms with van der Waals surface area (Å²) in [7, 11) is 0. The largest absolute Gasteiger partial charge is 0.479 e. The van der Waals surface area contributed by atoms with Crippen molar-refractivity contribution in [3.8, 4) is 0 Å². The van der Waals surface area contributed by atoms with Crippen LogP contribution >= 0.6 is 0 Å². The molecule has 0 aromatic carbocycles. The molecule has 1 atom stereocenters. The maximum atomic E-state index is 14.1. The van der Waals surface area contributed by atoms with Crippen LogP contribution in [-0.4, -0.2) is 50.4 Å². The molecule has 6 nitrogen and oxygen atoms in total. The highest BCUT2D eigenvalue weighted by Crippen LogP contribution is 2.27. The second-order valence-electron chi connectivity index (χ2n) is 6.74. The van der Waals surface area contributed by atoms with Gasteiger partial charge in [0, 0.05) is 30.8 Å². The number of carboxylic acids is 1. The number of carboxylic acid groups (broad SMARTS) is 1. The monoisotopic (exact) mass is 325 g/mol. The standard InChI is InChI=1S/C16H24FN3O3/c1-10(2)8-20-12(4)13(11(3)18-20)7-14(21)19-6-5-16(17,9-19)15(22)23/h10H,5-9H2,1-4H3,(H,22,23). The second kappa shape index (κ2) is 6.29. The Balaban J connectivity index is 2.10. The van der Waals surface area contributed by atoms with Crippen LogP contribution < -0.4 is 0 Å². The lowest BCUT2D eigenvalue weighted by atomic mass is 10.1. The molecule has 1 aromatic heterocycles. The third-order valence-electron chi connectivity index (χ3n) is 4.35. The van der Waals surface area contributed by atoms with Gasteiger partial charge in [-0.1, -0.05) is 13.8 Å². The van der Waals surface area contributed by atoms with Gasteiger partial charge in [0.1, 0.15) is 0 Å². The lowest BCUT2D eigenvalue weighted by Gasteiger charge is -2.18. The van der Waals surface area contributed by atoms with Gasteiger partial charge in [-0.05, 0) is 19.8 Å². The van der Waals surface area contributed by atoms with E-state index in [0.29, 0.717) is 5.92 Å². The second-order valence-corrected chi connectivity index (χ2v) is 6.74. The molecule has 1 N–H and O–H groups in total. The number of nitrogens with zero attached hydrogens (tertiary/aromatic N) is 3. The van der Waals surface area contributed by atoms with E-state index in [1.807, 2.05) is 18.5 Å². The quantitative estimate of drug-likeness (QED) is 0.894. The number of aromatic nitrogens is 2. The minimum absolute atomic E-state index is 0.130. The molecule has 0 spiro atoms. The Morgan fingerprint density at radius 2 is 2.04 bits per heavy atom. The molecule has 7 heteroatoms. The fourth-order valence-electron chi connectivity index (χ4n) is 2.94. The Morgan fingerprint density at radius 1 is 1.39 bits per heavy atom. The fourth-order valence-corrected chi connectivity index (χ4v) is 2.94. The Hall–Kier alpha value is -1.92. The Morgan fingerprint density at radius 3 is 2.57 bits per heavy atom. The average Bonchev–Trinajstić information content (AvgIpc) is 2.96. The Kier molecular flexibility index (Phi) is 4.77. The van der Waals surface area contributed by atoms with E-state index in [1.165, 1.54) is 4.90 Å². The highest BCUT2D eigenvalue weighted by atomic mass is 19.1. The number of aliphatic carboxylic acids is 1. The van der Waals surface area contributed by atoms with Crippen molar-refractivity contribution in [2.45, 2.75) is 52.8 Å². The van der Waals surface area contributed by atoms with Crippen LogP contribution in [0.4, 0.5) is 4.39 Å². The van der Waals surface area contributed by atoms with E-state index >= 15 is 0 Å². The molecule has 1 fully saturated rings. The smallest absolute Gasteiger partial charge is 0.343 e. The van der Waals surface area contributed by atoms with Crippen molar-refractivity contribution >= 4 is 11.9 Å². The summed E-state index contributed by atoms with van der Waals surface area (Å²) in [6, 6.07) is 0. The molecule has 1 aliphatic heterocycles. The van der Waals surface area contributed by atoms with Gasteiger partial charge >= 0.3 is 5.97 Å². The number of hydrogen-bond donors (Lipinski definition) is 1. The summed E-state index contributed by atoms with van der Waals surface area (Å²) >= 11 is 0. The zero-order valence-corrected chi connectivity index (χ0v) is 14.1. The van der Waals surface area contributed by atoms with Crippen molar-refractivity contribution in [3.05, 3.63) is 17.0 Å². The van der Waals surface area contributed by atoms with Crippen molar-refractivity contribution < 1.29 is 19.1 Å². The van der Waals surface area contributed by atoms with Gasteiger partial charge in [-0.15, -0.1) is 0 Å². The maximum Gasteiger partial charge on any atom is 0.343 e. The lowest BCUT2D eigenvalue weighted by Crippen LogP contribution is -2.39. The number of halogens is 1. The fraction of sp³-hybridized carbons (Fsp3) is 0.688. The number of amides is 1. The van der Waals surface area contributed by atoms with Crippen molar-refractivity contribution in [2.24, 2.45) is 5.92 Å². The molecule has 1 unspecified atom stereocenters. The van der Waals surface area contributed by atoms with Crippen molar-refractivity contribution in [1.29, 1.82) is 0 Å². The summed E-state index contributed by atoms with van der Waals surface area (Å²) in [4.78, 5) is 24.6. The zero-order chi connectivity index (χ0) is 17.4. The predicted molar refractivity (Wildman–Crippen MR) is 82.9 cm³/mol. The van der Waals surface area contributed by atoms with Crippen molar-refractivity contribution in [3.63, 3.8) is 0 Å². The summed E-state index contributed by atoms with van der Waals surface area (Å²) in [6.45, 7) is 8.51. The third kappa shape index (κ3) is 3.54. The third-order valence-corrected chi connectivity index (χ3v) is 4.35. The molecule has 1 amide bonds. The first-order valence-corrected chi connectivity index (χ1v) is 7.87. The summed E-state index contributed by atoms with van der Waals surface area (Å²) < 4.78 is 16.0. The summed E-state index contributed by atoms with van der Waals surface area (Å²) in [6.07, 6.45) is -0.0237. The van der Waals surface area contributed by atoms with Gasteiger partial charge in [-0.25, -0.2) is 9.18 Å². The molecule has 1 saturated heterocycles. The number of carbonyl (C=O) groups is 2. The number of hydrogen-bond acceptors (Lipinski definition) is 3. The van der Waals surface area contributed by atoms with E-state index in [0.717, 1.165) is 23.5 Å². The van der Waals surface area contributed by atoms with E-state index in [1.54, 1.807) is 0 Å². The molecular formula is C16H24FN3O3. The molecule has 0 saturated carbocycles. The average molecular weight is 325 g/mol. The van der Waals surface area contributed by atoms with Crippen LogP contribution in [0, 0.1) is 19.8 Å². The van der Waals surface area contributed by atoms with Crippen molar-refractivity contribution in [1.82, 2.24) is 14.7 Å². The SMILES string of the molecule is Cc1nn(CC(C)C)c(C)c1CC(=O)N1CCC(F)(C(=O)O)C1. The van der Waals surface area contributed by atoms with Crippen LogP contribution in [0.5, 0.6) is 0 Å². The summed E-state index contributed by atoms with van der Waals surface area (Å²) in [5.74, 6) is -1.30. The van der Waals surface area contributed by atoms with Crippen LogP contribution in [0.25, 0.3) is 0 Å². The van der Waals surface area contributed by atoms with E-state index < -0.39 is 11.6 Å². The topological polar surface area (TPSA) is 75.4 Å². The molecule has 2 heterocycles. The molecule has 1 aromatic rings. The van der Waals surface area contributed by atoms with Gasteiger partial charge in [-0.2, -0.15) is 5.10 Å². The zero-order valence-electron chi connectivity index (χ0n) is 14.1. The van der Waals surface area contributed by atoms with Crippen LogP contribution in [0.2, 0.25) is 0 Å². The molecule has 1 aliphatic rings. The molecule has 0 aliphatic carbocycles. The van der Waals surface area contributed by atoms with Crippen LogP contribution in [0.1, 0.15) is 37.2 Å². The normalized spacial score (nSPS) is 21.2.